The highest BCUT2D eigenvalue weighted by molar-refractivity contribution is 8.14. The maximum Gasteiger partial charge on any atom is 0.407 e. The molecule has 0 aliphatic carbocycles. The van der Waals surface area contributed by atoms with Crippen LogP contribution in [0.4, 0.5) is 4.79 Å². The zero-order valence-electron chi connectivity index (χ0n) is 35.4. The van der Waals surface area contributed by atoms with Crippen molar-refractivity contribution in [2.75, 3.05) is 20.3 Å². The van der Waals surface area contributed by atoms with Crippen molar-refractivity contribution in [3.63, 3.8) is 0 Å². The van der Waals surface area contributed by atoms with E-state index < -0.39 is 55.0 Å². The Balaban J connectivity index is 2.22. The molecule has 0 aliphatic heterocycles. The number of esters is 2. The van der Waals surface area contributed by atoms with Crippen molar-refractivity contribution in [2.45, 2.75) is 116 Å². The van der Waals surface area contributed by atoms with Crippen LogP contribution >= 0.6 is 11.8 Å². The highest BCUT2D eigenvalue weighted by atomic mass is 32.2. The summed E-state index contributed by atoms with van der Waals surface area (Å²) in [4.78, 5) is 65.3. The molecule has 0 spiro atoms. The first kappa shape index (κ1) is 48.8. The molecule has 13 heteroatoms. The fraction of sp³-hybridized carbons (Fsp3) is 0.523. The second-order valence-corrected chi connectivity index (χ2v) is 23.5. The van der Waals surface area contributed by atoms with E-state index in [-0.39, 0.29) is 49.4 Å². The first-order valence-corrected chi connectivity index (χ1v) is 24.2. The van der Waals surface area contributed by atoms with Gasteiger partial charge in [0.05, 0.1) is 13.7 Å². The Morgan fingerprint density at radius 2 is 1.58 bits per heavy atom. The van der Waals surface area contributed by atoms with Gasteiger partial charge in [-0.2, -0.15) is 0 Å². The van der Waals surface area contributed by atoms with Crippen LogP contribution in [0.5, 0.6) is 5.75 Å². The third kappa shape index (κ3) is 21.7. The SMILES string of the molecule is COc1ccc(C[C@@H](NC(=O)/C=C/C[C@H](OC(=O)[C@H](CC(C)C)SC(=O)CCNC(=O)OC(C)(C)C)[C@H](C)/C=C/c2ccccc2)C(=O)OCC[Si](C)(C)C)cc1. The van der Waals surface area contributed by atoms with Crippen molar-refractivity contribution < 1.29 is 42.9 Å². The Morgan fingerprint density at radius 1 is 0.912 bits per heavy atom. The minimum atomic E-state index is -1.46. The number of amides is 2. The molecule has 2 amide bonds. The second kappa shape index (κ2) is 24.4. The van der Waals surface area contributed by atoms with Gasteiger partial charge < -0.3 is 29.6 Å². The summed E-state index contributed by atoms with van der Waals surface area (Å²) in [5.74, 6) is -1.05. The minimum absolute atomic E-state index is 0.00853. The molecule has 0 unspecified atom stereocenters. The van der Waals surface area contributed by atoms with Gasteiger partial charge in [-0.25, -0.2) is 9.59 Å². The molecule has 2 aromatic carbocycles. The smallest absolute Gasteiger partial charge is 0.407 e. The zero-order chi connectivity index (χ0) is 42.6. The van der Waals surface area contributed by atoms with Gasteiger partial charge in [-0.3, -0.25) is 14.4 Å². The van der Waals surface area contributed by atoms with Crippen LogP contribution in [0, 0.1) is 11.8 Å². The standard InChI is InChI=1S/C44H64N2O9SSi/c1-31(2)29-38(56-40(48)25-26-45-43(51)55-44(4,5)6)42(50)54-37(32(3)19-20-33-15-12-11-13-16-33)17-14-18-39(47)46-36(41(49)53-27-28-57(8,9)10)30-34-21-23-35(52-7)24-22-34/h11-16,18-24,31-32,36-38H,17,25-30H2,1-10H3,(H,45,51)(H,46,47)/b18-14+,20-19+/t32-,36-,37+,38+/m1/s1. The number of carbonyl (C=O) groups is 5. The lowest BCUT2D eigenvalue weighted by molar-refractivity contribution is -0.150. The predicted octanol–water partition coefficient (Wildman–Crippen LogP) is 8.40. The Labute approximate surface area is 345 Å². The number of benzene rings is 2. The van der Waals surface area contributed by atoms with Crippen LogP contribution in [-0.2, 0) is 39.8 Å². The minimum Gasteiger partial charge on any atom is -0.497 e. The molecule has 11 nitrogen and oxygen atoms in total. The van der Waals surface area contributed by atoms with Crippen LogP contribution in [0.15, 0.2) is 72.8 Å². The van der Waals surface area contributed by atoms with Crippen LogP contribution < -0.4 is 15.4 Å². The molecule has 0 bridgehead atoms. The van der Waals surface area contributed by atoms with Gasteiger partial charge in [0, 0.05) is 39.8 Å². The van der Waals surface area contributed by atoms with Gasteiger partial charge in [0.15, 0.2) is 5.12 Å². The summed E-state index contributed by atoms with van der Waals surface area (Å²) in [7, 11) is 0.120. The van der Waals surface area contributed by atoms with E-state index in [1.54, 1.807) is 46.1 Å². The first-order chi connectivity index (χ1) is 26.7. The van der Waals surface area contributed by atoms with E-state index in [9.17, 15) is 24.0 Å². The van der Waals surface area contributed by atoms with Crippen LogP contribution in [-0.4, -0.2) is 80.4 Å². The molecule has 4 atom stereocenters. The van der Waals surface area contributed by atoms with Crippen molar-refractivity contribution in [1.29, 1.82) is 0 Å². The zero-order valence-corrected chi connectivity index (χ0v) is 37.2. The molecular weight excluding hydrogens is 761 g/mol. The Morgan fingerprint density at radius 3 is 2.18 bits per heavy atom. The summed E-state index contributed by atoms with van der Waals surface area (Å²) in [5, 5.41) is 4.36. The number of methoxy groups -OCH3 is 1. The van der Waals surface area contributed by atoms with Crippen LogP contribution in [0.2, 0.25) is 25.7 Å². The molecule has 0 fully saturated rings. The lowest BCUT2D eigenvalue weighted by Crippen LogP contribution is -2.43. The Kier molecular flexibility index (Phi) is 20.9. The molecule has 0 aromatic heterocycles. The molecule has 2 rings (SSSR count). The third-order valence-electron chi connectivity index (χ3n) is 8.40. The van der Waals surface area contributed by atoms with E-state index >= 15 is 0 Å². The normalized spacial score (nSPS) is 14.1. The van der Waals surface area contributed by atoms with E-state index in [0.717, 1.165) is 28.9 Å². The van der Waals surface area contributed by atoms with Gasteiger partial charge in [0.2, 0.25) is 5.91 Å². The summed E-state index contributed by atoms with van der Waals surface area (Å²) in [6.07, 6.45) is 6.38. The number of ether oxygens (including phenoxy) is 4. The summed E-state index contributed by atoms with van der Waals surface area (Å²) in [5.41, 5.74) is 1.13. The molecule has 2 aromatic rings. The largest absolute Gasteiger partial charge is 0.497 e. The summed E-state index contributed by atoms with van der Waals surface area (Å²) in [6.45, 7) is 18.0. The first-order valence-electron chi connectivity index (χ1n) is 19.6. The number of alkyl carbamates (subject to hydrolysis) is 1. The highest BCUT2D eigenvalue weighted by Gasteiger charge is 2.29. The van der Waals surface area contributed by atoms with Crippen molar-refractivity contribution in [3.05, 3.63) is 84.0 Å². The van der Waals surface area contributed by atoms with Gasteiger partial charge in [-0.1, -0.05) is 113 Å². The van der Waals surface area contributed by atoms with Crippen LogP contribution in [0.25, 0.3) is 6.08 Å². The molecular formula is C44H64N2O9SSi. The quantitative estimate of drug-likeness (QED) is 0.0514. The number of hydrogen-bond acceptors (Lipinski definition) is 10. The van der Waals surface area contributed by atoms with Crippen LogP contribution in [0.1, 0.15) is 71.9 Å². The molecule has 0 heterocycles. The van der Waals surface area contributed by atoms with E-state index in [2.05, 4.69) is 30.3 Å². The topological polar surface area (TPSA) is 146 Å². The maximum atomic E-state index is 13.8. The average molecular weight is 825 g/mol. The second-order valence-electron chi connectivity index (χ2n) is 16.6. The number of nitrogens with one attached hydrogen (secondary N) is 2. The van der Waals surface area contributed by atoms with Crippen LogP contribution in [0.3, 0.4) is 0 Å². The number of rotatable bonds is 22. The van der Waals surface area contributed by atoms with Crippen molar-refractivity contribution >= 4 is 55.0 Å². The van der Waals surface area contributed by atoms with Gasteiger partial charge >= 0.3 is 18.0 Å². The van der Waals surface area contributed by atoms with Gasteiger partial charge in [0.25, 0.3) is 0 Å². The fourth-order valence-corrected chi connectivity index (χ4v) is 7.13. The van der Waals surface area contributed by atoms with Crippen molar-refractivity contribution in [1.82, 2.24) is 10.6 Å². The van der Waals surface area contributed by atoms with E-state index in [1.807, 2.05) is 75.4 Å². The molecule has 0 saturated heterocycles. The van der Waals surface area contributed by atoms with Gasteiger partial charge in [-0.05, 0) is 68.5 Å². The summed E-state index contributed by atoms with van der Waals surface area (Å²) < 4.78 is 22.2. The Bertz CT molecular complexity index is 1630. The lowest BCUT2D eigenvalue weighted by atomic mass is 9.99. The molecule has 57 heavy (non-hydrogen) atoms. The number of carbonyl (C=O) groups excluding carboxylic acids is 5. The molecule has 0 radical (unpaired) electrons. The third-order valence-corrected chi connectivity index (χ3v) is 11.2. The molecule has 2 N–H and O–H groups in total. The molecule has 0 saturated carbocycles. The van der Waals surface area contributed by atoms with Crippen molar-refractivity contribution in [2.24, 2.45) is 11.8 Å². The fourth-order valence-electron chi connectivity index (χ4n) is 5.24. The number of thioether (sulfide) groups is 1. The van der Waals surface area contributed by atoms with E-state index in [1.165, 1.54) is 6.08 Å². The summed E-state index contributed by atoms with van der Waals surface area (Å²) >= 11 is 0.903. The number of hydrogen-bond donors (Lipinski definition) is 2. The van der Waals surface area contributed by atoms with Gasteiger partial charge in [-0.15, -0.1) is 0 Å². The van der Waals surface area contributed by atoms with Gasteiger partial charge in [0.1, 0.15) is 28.7 Å². The van der Waals surface area contributed by atoms with E-state index in [0.29, 0.717) is 12.2 Å². The van der Waals surface area contributed by atoms with Crippen molar-refractivity contribution in [3.8, 4) is 5.75 Å². The average Bonchev–Trinajstić information content (AvgIpc) is 3.12. The Hall–Kier alpha value is -4.36. The monoisotopic (exact) mass is 824 g/mol. The molecule has 0 aliphatic rings. The summed E-state index contributed by atoms with van der Waals surface area (Å²) in [6, 6.07) is 16.9. The highest BCUT2D eigenvalue weighted by Crippen LogP contribution is 2.26. The molecule has 314 valence electrons. The van der Waals surface area contributed by atoms with E-state index in [4.69, 9.17) is 18.9 Å². The maximum absolute atomic E-state index is 13.8. The lowest BCUT2D eigenvalue weighted by Gasteiger charge is -2.25. The predicted molar refractivity (Wildman–Crippen MR) is 231 cm³/mol.